The van der Waals surface area contributed by atoms with Crippen molar-refractivity contribution in [2.75, 3.05) is 17.2 Å². The number of anilines is 2. The fourth-order valence-corrected chi connectivity index (χ4v) is 2.67. The van der Waals surface area contributed by atoms with Crippen molar-refractivity contribution in [3.63, 3.8) is 0 Å². The highest BCUT2D eigenvalue weighted by Crippen LogP contribution is 2.24. The summed E-state index contributed by atoms with van der Waals surface area (Å²) in [5.74, 6) is -1.45. The number of hydrogen-bond acceptors (Lipinski definition) is 4. The van der Waals surface area contributed by atoms with E-state index in [4.69, 9.17) is 27.9 Å². The molecule has 2 aromatic rings. The van der Waals surface area contributed by atoms with Gasteiger partial charge in [-0.3, -0.25) is 14.4 Å². The molecular formula is C20H20Cl2N2O4. The maximum atomic E-state index is 12.0. The molecule has 2 aromatic carbocycles. The van der Waals surface area contributed by atoms with Crippen LogP contribution in [0, 0.1) is 0 Å². The first kappa shape index (κ1) is 21.7. The molecule has 2 N–H and O–H groups in total. The molecule has 0 aliphatic heterocycles. The molecule has 2 rings (SSSR count). The number of ether oxygens (including phenoxy) is 1. The Morgan fingerprint density at radius 2 is 1.68 bits per heavy atom. The molecule has 2 amide bonds. The fraction of sp³-hybridized carbons (Fsp3) is 0.250. The van der Waals surface area contributed by atoms with Crippen LogP contribution in [0.5, 0.6) is 0 Å². The van der Waals surface area contributed by atoms with Crippen LogP contribution in [-0.2, 0) is 25.5 Å². The molecule has 0 saturated heterocycles. The molecule has 0 heterocycles. The summed E-state index contributed by atoms with van der Waals surface area (Å²) in [5, 5.41) is 5.98. The Hall–Kier alpha value is -2.57. The van der Waals surface area contributed by atoms with Crippen LogP contribution < -0.4 is 10.6 Å². The predicted octanol–water partition coefficient (Wildman–Crippen LogP) is 4.46. The quantitative estimate of drug-likeness (QED) is 0.615. The molecule has 0 aliphatic rings. The number of esters is 1. The van der Waals surface area contributed by atoms with Crippen LogP contribution in [0.2, 0.25) is 10.0 Å². The maximum Gasteiger partial charge on any atom is 0.306 e. The van der Waals surface area contributed by atoms with Crippen LogP contribution in [0.15, 0.2) is 42.5 Å². The normalized spacial score (nSPS) is 10.2. The molecule has 0 aromatic heterocycles. The van der Waals surface area contributed by atoms with Gasteiger partial charge in [-0.25, -0.2) is 0 Å². The molecule has 28 heavy (non-hydrogen) atoms. The van der Waals surface area contributed by atoms with Crippen molar-refractivity contribution in [2.45, 2.75) is 26.2 Å². The van der Waals surface area contributed by atoms with Crippen molar-refractivity contribution in [1.29, 1.82) is 0 Å². The van der Waals surface area contributed by atoms with Crippen molar-refractivity contribution >= 4 is 52.4 Å². The molecule has 0 saturated carbocycles. The lowest BCUT2D eigenvalue weighted by Gasteiger charge is -2.10. The van der Waals surface area contributed by atoms with Gasteiger partial charge in [0.1, 0.15) is 0 Å². The summed E-state index contributed by atoms with van der Waals surface area (Å²) >= 11 is 11.7. The van der Waals surface area contributed by atoms with Gasteiger partial charge in [-0.1, -0.05) is 48.3 Å². The second-order valence-electron chi connectivity index (χ2n) is 5.90. The van der Waals surface area contributed by atoms with Crippen LogP contribution in [0.1, 0.15) is 25.3 Å². The fourth-order valence-electron chi connectivity index (χ4n) is 2.37. The van der Waals surface area contributed by atoms with Gasteiger partial charge in [-0.15, -0.1) is 0 Å². The first-order chi connectivity index (χ1) is 13.4. The highest BCUT2D eigenvalue weighted by atomic mass is 35.5. The molecule has 0 aliphatic carbocycles. The van der Waals surface area contributed by atoms with Crippen LogP contribution in [0.3, 0.4) is 0 Å². The summed E-state index contributed by atoms with van der Waals surface area (Å²) in [7, 11) is 0. The number of nitrogens with one attached hydrogen (secondary N) is 2. The van der Waals surface area contributed by atoms with Crippen molar-refractivity contribution in [3.05, 3.63) is 58.1 Å². The minimum atomic E-state index is -0.636. The van der Waals surface area contributed by atoms with E-state index in [0.717, 1.165) is 17.7 Å². The van der Waals surface area contributed by atoms with Crippen LogP contribution in [-0.4, -0.2) is 24.4 Å². The van der Waals surface area contributed by atoms with E-state index in [-0.39, 0.29) is 18.7 Å². The van der Waals surface area contributed by atoms with Gasteiger partial charge in [0, 0.05) is 17.8 Å². The zero-order valence-electron chi connectivity index (χ0n) is 15.3. The van der Waals surface area contributed by atoms with E-state index in [2.05, 4.69) is 10.6 Å². The van der Waals surface area contributed by atoms with Gasteiger partial charge in [0.15, 0.2) is 6.61 Å². The second kappa shape index (κ2) is 10.7. The number of benzene rings is 2. The van der Waals surface area contributed by atoms with Gasteiger partial charge < -0.3 is 15.4 Å². The van der Waals surface area contributed by atoms with E-state index in [1.165, 1.54) is 6.07 Å². The average molecular weight is 423 g/mol. The van der Waals surface area contributed by atoms with Gasteiger partial charge in [0.05, 0.1) is 16.5 Å². The Morgan fingerprint density at radius 3 is 2.39 bits per heavy atom. The molecular weight excluding hydrogens is 403 g/mol. The molecule has 0 unspecified atom stereocenters. The third-order valence-corrected chi connectivity index (χ3v) is 4.54. The summed E-state index contributed by atoms with van der Waals surface area (Å²) in [5.41, 5.74) is 2.17. The third kappa shape index (κ3) is 6.87. The number of rotatable bonds is 8. The largest absolute Gasteiger partial charge is 0.456 e. The van der Waals surface area contributed by atoms with Crippen molar-refractivity contribution in [1.82, 2.24) is 0 Å². The molecule has 0 fully saturated rings. The molecule has 0 atom stereocenters. The van der Waals surface area contributed by atoms with Gasteiger partial charge in [-0.2, -0.15) is 0 Å². The number of carbonyl (C=O) groups excluding carboxylic acids is 3. The van der Waals surface area contributed by atoms with Gasteiger partial charge in [0.25, 0.3) is 5.91 Å². The number of amides is 2. The van der Waals surface area contributed by atoms with Crippen molar-refractivity contribution in [3.8, 4) is 0 Å². The molecule has 8 heteroatoms. The van der Waals surface area contributed by atoms with Crippen molar-refractivity contribution < 1.29 is 19.1 Å². The second-order valence-corrected chi connectivity index (χ2v) is 6.71. The monoisotopic (exact) mass is 422 g/mol. The number of carbonyl (C=O) groups is 3. The summed E-state index contributed by atoms with van der Waals surface area (Å²) < 4.78 is 4.89. The topological polar surface area (TPSA) is 84.5 Å². The number of hydrogen-bond donors (Lipinski definition) is 2. The maximum absolute atomic E-state index is 12.0. The summed E-state index contributed by atoms with van der Waals surface area (Å²) in [6, 6.07) is 12.1. The predicted molar refractivity (Wildman–Crippen MR) is 110 cm³/mol. The lowest BCUT2D eigenvalue weighted by Crippen LogP contribution is -2.22. The Bertz CT molecular complexity index is 871. The minimum Gasteiger partial charge on any atom is -0.456 e. The lowest BCUT2D eigenvalue weighted by molar-refractivity contribution is -0.147. The first-order valence-electron chi connectivity index (χ1n) is 8.67. The first-order valence-corrected chi connectivity index (χ1v) is 9.43. The van der Waals surface area contributed by atoms with E-state index in [1.54, 1.807) is 12.1 Å². The highest BCUT2D eigenvalue weighted by Gasteiger charge is 2.12. The molecule has 0 spiro atoms. The van der Waals surface area contributed by atoms with E-state index in [1.807, 2.05) is 31.2 Å². The van der Waals surface area contributed by atoms with Gasteiger partial charge in [0.2, 0.25) is 5.91 Å². The number of halogens is 2. The minimum absolute atomic E-state index is 0.0364. The summed E-state index contributed by atoms with van der Waals surface area (Å²) in [6.45, 7) is 1.53. The third-order valence-electron chi connectivity index (χ3n) is 3.80. The van der Waals surface area contributed by atoms with Crippen LogP contribution in [0.4, 0.5) is 11.4 Å². The standard InChI is InChI=1S/C20H20Cl2N2O4/c1-2-13-5-3-4-6-17(13)24-18(25)9-10-20(27)28-12-19(26)23-14-7-8-15(21)16(22)11-14/h3-8,11H,2,9-10,12H2,1H3,(H,23,26)(H,24,25). The summed E-state index contributed by atoms with van der Waals surface area (Å²) in [6.07, 6.45) is 0.623. The zero-order valence-corrected chi connectivity index (χ0v) is 16.8. The average Bonchev–Trinajstić information content (AvgIpc) is 2.68. The van der Waals surface area contributed by atoms with Gasteiger partial charge >= 0.3 is 5.97 Å². The number of para-hydroxylation sites is 1. The van der Waals surface area contributed by atoms with E-state index < -0.39 is 18.5 Å². The highest BCUT2D eigenvalue weighted by molar-refractivity contribution is 6.42. The van der Waals surface area contributed by atoms with Crippen molar-refractivity contribution in [2.24, 2.45) is 0 Å². The Labute approximate surface area is 173 Å². The van der Waals surface area contributed by atoms with E-state index in [9.17, 15) is 14.4 Å². The Morgan fingerprint density at radius 1 is 0.929 bits per heavy atom. The Kier molecular flexibility index (Phi) is 8.29. The number of aryl methyl sites for hydroxylation is 1. The van der Waals surface area contributed by atoms with E-state index in [0.29, 0.717) is 15.7 Å². The van der Waals surface area contributed by atoms with Crippen LogP contribution in [0.25, 0.3) is 0 Å². The van der Waals surface area contributed by atoms with E-state index >= 15 is 0 Å². The van der Waals surface area contributed by atoms with Gasteiger partial charge in [-0.05, 0) is 36.2 Å². The molecule has 6 nitrogen and oxygen atoms in total. The zero-order chi connectivity index (χ0) is 20.5. The molecule has 0 bridgehead atoms. The lowest BCUT2D eigenvalue weighted by atomic mass is 10.1. The molecule has 148 valence electrons. The Balaban J connectivity index is 1.72. The summed E-state index contributed by atoms with van der Waals surface area (Å²) in [4.78, 5) is 35.6. The molecule has 0 radical (unpaired) electrons. The SMILES string of the molecule is CCc1ccccc1NC(=O)CCC(=O)OCC(=O)Nc1ccc(Cl)c(Cl)c1. The smallest absolute Gasteiger partial charge is 0.306 e. The van der Waals surface area contributed by atoms with Crippen LogP contribution >= 0.6 is 23.2 Å².